The van der Waals surface area contributed by atoms with Crippen LogP contribution in [0.15, 0.2) is 17.5 Å². The van der Waals surface area contributed by atoms with Crippen molar-refractivity contribution < 1.29 is 0 Å². The average Bonchev–Trinajstić information content (AvgIpc) is 2.78. The molecule has 0 spiro atoms. The lowest BCUT2D eigenvalue weighted by atomic mass is 10.1. The van der Waals surface area contributed by atoms with Crippen molar-refractivity contribution in [3.63, 3.8) is 0 Å². The first-order chi connectivity index (χ1) is 7.63. The van der Waals surface area contributed by atoms with Gasteiger partial charge in [0.2, 0.25) is 0 Å². The number of thiophene rings is 2. The molecule has 2 rings (SSSR count). The van der Waals surface area contributed by atoms with Crippen molar-refractivity contribution in [2.75, 3.05) is 7.05 Å². The van der Waals surface area contributed by atoms with E-state index in [1.54, 1.807) is 0 Å². The predicted octanol–water partition coefficient (Wildman–Crippen LogP) is 4.04. The van der Waals surface area contributed by atoms with Crippen molar-refractivity contribution >= 4 is 22.7 Å². The summed E-state index contributed by atoms with van der Waals surface area (Å²) in [4.78, 5) is 4.27. The molecule has 1 atom stereocenters. The maximum Gasteiger partial charge on any atom is 0.0765 e. The van der Waals surface area contributed by atoms with Crippen LogP contribution in [0.3, 0.4) is 0 Å². The molecule has 0 aliphatic carbocycles. The molecule has 0 bridgehead atoms. The molecule has 1 unspecified atom stereocenters. The highest BCUT2D eigenvalue weighted by Gasteiger charge is 2.17. The first-order valence-electron chi connectivity index (χ1n) is 5.41. The summed E-state index contributed by atoms with van der Waals surface area (Å²) in [6, 6.07) is 4.86. The summed E-state index contributed by atoms with van der Waals surface area (Å²) in [6.45, 7) is 6.56. The fraction of sp³-hybridized carbons (Fsp3) is 0.385. The Balaban J connectivity index is 2.40. The van der Waals surface area contributed by atoms with Gasteiger partial charge in [0, 0.05) is 14.6 Å². The van der Waals surface area contributed by atoms with Crippen LogP contribution in [0.1, 0.15) is 31.8 Å². The predicted molar refractivity (Wildman–Crippen MR) is 73.8 cm³/mol. The van der Waals surface area contributed by atoms with Gasteiger partial charge < -0.3 is 5.32 Å². The van der Waals surface area contributed by atoms with Crippen LogP contribution in [0.2, 0.25) is 0 Å². The van der Waals surface area contributed by atoms with E-state index in [2.05, 4.69) is 43.6 Å². The fourth-order valence-electron chi connectivity index (χ4n) is 1.83. The minimum absolute atomic E-state index is 0.359. The van der Waals surface area contributed by atoms with Gasteiger partial charge in [0.15, 0.2) is 0 Å². The monoisotopic (exact) mass is 251 g/mol. The van der Waals surface area contributed by atoms with E-state index in [1.807, 2.05) is 29.7 Å². The second kappa shape index (κ2) is 4.70. The third-order valence-electron chi connectivity index (χ3n) is 2.92. The molecule has 0 saturated heterocycles. The molecule has 0 aromatic carbocycles. The quantitative estimate of drug-likeness (QED) is 0.868. The molecule has 0 aliphatic rings. The third kappa shape index (κ3) is 2.08. The van der Waals surface area contributed by atoms with E-state index in [9.17, 15) is 0 Å². The lowest BCUT2D eigenvalue weighted by molar-refractivity contribution is 0.712. The standard InChI is InChI=1S/C13H17NS2/c1-8-5-6-15-13(8)12(14-4)11-7-9(2)10(3)16-11/h5-7,12,14H,1-4H3. The summed E-state index contributed by atoms with van der Waals surface area (Å²) in [6.07, 6.45) is 0. The number of aryl methyl sites for hydroxylation is 3. The molecular formula is C13H17NS2. The zero-order valence-corrected chi connectivity index (χ0v) is 11.8. The number of hydrogen-bond acceptors (Lipinski definition) is 3. The minimum atomic E-state index is 0.359. The van der Waals surface area contributed by atoms with Gasteiger partial charge in [-0.1, -0.05) is 0 Å². The zero-order valence-electron chi connectivity index (χ0n) is 10.1. The van der Waals surface area contributed by atoms with Gasteiger partial charge in [0.25, 0.3) is 0 Å². The van der Waals surface area contributed by atoms with Gasteiger partial charge in [-0.05, 0) is 56.5 Å². The van der Waals surface area contributed by atoms with Crippen molar-refractivity contribution in [3.05, 3.63) is 43.3 Å². The van der Waals surface area contributed by atoms with Crippen molar-refractivity contribution in [1.82, 2.24) is 5.32 Å². The van der Waals surface area contributed by atoms with Crippen LogP contribution in [-0.4, -0.2) is 7.05 Å². The average molecular weight is 251 g/mol. The van der Waals surface area contributed by atoms with Crippen LogP contribution in [0.4, 0.5) is 0 Å². The van der Waals surface area contributed by atoms with Crippen molar-refractivity contribution in [2.45, 2.75) is 26.8 Å². The Kier molecular flexibility index (Phi) is 3.47. The Morgan fingerprint density at radius 1 is 1.19 bits per heavy atom. The van der Waals surface area contributed by atoms with Gasteiger partial charge in [0.1, 0.15) is 0 Å². The summed E-state index contributed by atoms with van der Waals surface area (Å²) < 4.78 is 0. The number of rotatable bonds is 3. The molecule has 2 heterocycles. The Bertz CT molecular complexity index is 462. The summed E-state index contributed by atoms with van der Waals surface area (Å²) in [5.41, 5.74) is 2.78. The Labute approximate surface area is 105 Å². The number of nitrogens with one attached hydrogen (secondary N) is 1. The van der Waals surface area contributed by atoms with Gasteiger partial charge in [-0.15, -0.1) is 22.7 Å². The lowest BCUT2D eigenvalue weighted by Crippen LogP contribution is -2.15. The second-order valence-corrected chi connectivity index (χ2v) is 6.31. The molecule has 2 aromatic heterocycles. The van der Waals surface area contributed by atoms with Gasteiger partial charge in [-0.3, -0.25) is 0 Å². The van der Waals surface area contributed by atoms with Crippen LogP contribution in [0.25, 0.3) is 0 Å². The first kappa shape index (κ1) is 11.8. The van der Waals surface area contributed by atoms with E-state index in [1.165, 1.54) is 25.8 Å². The van der Waals surface area contributed by atoms with E-state index in [-0.39, 0.29) is 0 Å². The van der Waals surface area contributed by atoms with Crippen LogP contribution in [-0.2, 0) is 0 Å². The van der Waals surface area contributed by atoms with Crippen molar-refractivity contribution in [2.24, 2.45) is 0 Å². The van der Waals surface area contributed by atoms with Crippen LogP contribution in [0, 0.1) is 20.8 Å². The van der Waals surface area contributed by atoms with E-state index < -0.39 is 0 Å². The van der Waals surface area contributed by atoms with E-state index >= 15 is 0 Å². The fourth-order valence-corrected chi connectivity index (χ4v) is 4.12. The first-order valence-corrected chi connectivity index (χ1v) is 7.11. The Morgan fingerprint density at radius 3 is 2.38 bits per heavy atom. The van der Waals surface area contributed by atoms with Gasteiger partial charge >= 0.3 is 0 Å². The molecule has 1 nitrogen and oxygen atoms in total. The van der Waals surface area contributed by atoms with Gasteiger partial charge in [0.05, 0.1) is 6.04 Å². The molecule has 3 heteroatoms. The molecule has 0 amide bonds. The number of hydrogen-bond donors (Lipinski definition) is 1. The summed E-state index contributed by atoms with van der Waals surface area (Å²) in [5.74, 6) is 0. The third-order valence-corrected chi connectivity index (χ3v) is 5.22. The van der Waals surface area contributed by atoms with E-state index in [0.717, 1.165) is 0 Å². The SMILES string of the molecule is CNC(c1cc(C)c(C)s1)c1sccc1C. The maximum atomic E-state index is 3.42. The van der Waals surface area contributed by atoms with Gasteiger partial charge in [-0.25, -0.2) is 0 Å². The topological polar surface area (TPSA) is 12.0 Å². The molecule has 2 aromatic rings. The van der Waals surface area contributed by atoms with Crippen LogP contribution < -0.4 is 5.32 Å². The maximum absolute atomic E-state index is 3.42. The van der Waals surface area contributed by atoms with E-state index in [4.69, 9.17) is 0 Å². The lowest BCUT2D eigenvalue weighted by Gasteiger charge is -2.13. The molecule has 0 fully saturated rings. The highest BCUT2D eigenvalue weighted by molar-refractivity contribution is 7.13. The zero-order chi connectivity index (χ0) is 11.7. The molecule has 0 radical (unpaired) electrons. The minimum Gasteiger partial charge on any atom is -0.308 e. The summed E-state index contributed by atoms with van der Waals surface area (Å²) in [7, 11) is 2.04. The van der Waals surface area contributed by atoms with Crippen molar-refractivity contribution in [1.29, 1.82) is 0 Å². The smallest absolute Gasteiger partial charge is 0.0765 e. The normalized spacial score (nSPS) is 13.0. The highest BCUT2D eigenvalue weighted by atomic mass is 32.1. The molecule has 1 N–H and O–H groups in total. The van der Waals surface area contributed by atoms with E-state index in [0.29, 0.717) is 6.04 Å². The summed E-state index contributed by atoms with van der Waals surface area (Å²) >= 11 is 3.73. The molecule has 0 saturated carbocycles. The Morgan fingerprint density at radius 2 is 1.94 bits per heavy atom. The van der Waals surface area contributed by atoms with Gasteiger partial charge in [-0.2, -0.15) is 0 Å². The molecule has 0 aliphatic heterocycles. The molecule has 86 valence electrons. The highest BCUT2D eigenvalue weighted by Crippen LogP contribution is 2.34. The van der Waals surface area contributed by atoms with Crippen molar-refractivity contribution in [3.8, 4) is 0 Å². The molecule has 16 heavy (non-hydrogen) atoms. The largest absolute Gasteiger partial charge is 0.308 e. The second-order valence-electron chi connectivity index (χ2n) is 4.08. The van der Waals surface area contributed by atoms with Crippen LogP contribution >= 0.6 is 22.7 Å². The summed E-state index contributed by atoms with van der Waals surface area (Å²) in [5, 5.41) is 5.59. The molecular weight excluding hydrogens is 234 g/mol. The van der Waals surface area contributed by atoms with Crippen LogP contribution in [0.5, 0.6) is 0 Å². The Hall–Kier alpha value is -0.640.